The van der Waals surface area contributed by atoms with Gasteiger partial charge in [-0.3, -0.25) is 24.4 Å². The van der Waals surface area contributed by atoms with E-state index in [1.165, 1.54) is 7.11 Å². The Morgan fingerprint density at radius 1 is 1.12 bits per heavy atom. The number of hydrogen-bond acceptors (Lipinski definition) is 6. The summed E-state index contributed by atoms with van der Waals surface area (Å²) in [5, 5.41) is 0. The van der Waals surface area contributed by atoms with Gasteiger partial charge in [-0.25, -0.2) is 4.79 Å². The number of ketones is 2. The average molecular weight is 359 g/mol. The number of H-pyrrole nitrogens is 2. The van der Waals surface area contributed by atoms with Crippen molar-refractivity contribution in [3.8, 4) is 0 Å². The Morgan fingerprint density at radius 3 is 2.58 bits per heavy atom. The van der Waals surface area contributed by atoms with Gasteiger partial charge in [0.05, 0.1) is 12.7 Å². The number of fused-ring (bicyclic) bond motifs is 1. The molecule has 0 spiro atoms. The molecule has 1 aromatic heterocycles. The lowest BCUT2D eigenvalue weighted by Crippen LogP contribution is -2.42. The minimum atomic E-state index is -0.645. The Hall–Kier alpha value is -2.90. The number of carbonyl (C=O) groups is 2. The molecule has 0 amide bonds. The van der Waals surface area contributed by atoms with E-state index in [9.17, 15) is 19.2 Å². The first-order valence-corrected chi connectivity index (χ1v) is 8.68. The van der Waals surface area contributed by atoms with Gasteiger partial charge in [0.15, 0.2) is 11.5 Å². The number of unbranched alkanes of at least 4 members (excludes halogenated alkanes) is 3. The van der Waals surface area contributed by atoms with Gasteiger partial charge in [0.1, 0.15) is 11.5 Å². The molecule has 0 saturated carbocycles. The molecule has 2 N–H and O–H groups in total. The van der Waals surface area contributed by atoms with Crippen LogP contribution >= 0.6 is 0 Å². The van der Waals surface area contributed by atoms with Crippen molar-refractivity contribution < 1.29 is 14.3 Å². The third-order valence-corrected chi connectivity index (χ3v) is 4.65. The van der Waals surface area contributed by atoms with Gasteiger partial charge >= 0.3 is 5.69 Å². The van der Waals surface area contributed by atoms with Gasteiger partial charge in [-0.2, -0.15) is 0 Å². The summed E-state index contributed by atoms with van der Waals surface area (Å²) >= 11 is 0. The molecule has 3 rings (SSSR count). The van der Waals surface area contributed by atoms with Crippen LogP contribution in [0.15, 0.2) is 32.7 Å². The van der Waals surface area contributed by atoms with Crippen molar-refractivity contribution in [3.05, 3.63) is 49.5 Å². The number of anilines is 1. The fraction of sp³-hybridized carbons (Fsp3) is 0.444. The molecule has 26 heavy (non-hydrogen) atoms. The van der Waals surface area contributed by atoms with E-state index in [0.29, 0.717) is 6.54 Å². The molecule has 0 saturated heterocycles. The first-order valence-electron chi connectivity index (χ1n) is 8.68. The van der Waals surface area contributed by atoms with Crippen LogP contribution in [0.1, 0.15) is 38.2 Å². The zero-order valence-corrected chi connectivity index (χ0v) is 14.8. The standard InChI is InChI=1S/C18H21N3O5/c1-3-4-5-6-7-21-14-10(12(22)9-13(26-2)15(14)23)8-11-16(21)19-18(25)20-17(11)24/h9H,3-8H2,1-2H3,(H2,19,20,24,25). The topological polar surface area (TPSA) is 112 Å². The lowest BCUT2D eigenvalue weighted by molar-refractivity contribution is -0.118. The van der Waals surface area contributed by atoms with Crippen LogP contribution in [0.2, 0.25) is 0 Å². The molecule has 1 aliphatic carbocycles. The number of carbonyl (C=O) groups excluding carboxylic acids is 2. The van der Waals surface area contributed by atoms with Crippen molar-refractivity contribution >= 4 is 17.4 Å². The fourth-order valence-corrected chi connectivity index (χ4v) is 3.35. The van der Waals surface area contributed by atoms with E-state index < -0.39 is 17.0 Å². The molecule has 0 unspecified atom stereocenters. The summed E-state index contributed by atoms with van der Waals surface area (Å²) in [5.41, 5.74) is -0.450. The molecular formula is C18H21N3O5. The predicted molar refractivity (Wildman–Crippen MR) is 95.0 cm³/mol. The van der Waals surface area contributed by atoms with Crippen molar-refractivity contribution in [1.82, 2.24) is 9.97 Å². The predicted octanol–water partition coefficient (Wildman–Crippen LogP) is 0.942. The van der Waals surface area contributed by atoms with E-state index in [4.69, 9.17) is 4.74 Å². The lowest BCUT2D eigenvalue weighted by atomic mass is 9.89. The molecule has 2 aliphatic rings. The summed E-state index contributed by atoms with van der Waals surface area (Å²) in [6.07, 6.45) is 4.94. The molecule has 8 nitrogen and oxygen atoms in total. The van der Waals surface area contributed by atoms with Crippen molar-refractivity contribution in [2.75, 3.05) is 18.6 Å². The summed E-state index contributed by atoms with van der Waals surface area (Å²) in [4.78, 5) is 55.7. The van der Waals surface area contributed by atoms with Crippen LogP contribution in [0.5, 0.6) is 0 Å². The molecule has 0 aromatic carbocycles. The molecule has 0 fully saturated rings. The molecule has 0 atom stereocenters. The van der Waals surface area contributed by atoms with Gasteiger partial charge in [0, 0.05) is 24.6 Å². The second-order valence-electron chi connectivity index (χ2n) is 6.36. The van der Waals surface area contributed by atoms with Crippen LogP contribution in [0.3, 0.4) is 0 Å². The van der Waals surface area contributed by atoms with Crippen LogP contribution in [0.4, 0.5) is 5.82 Å². The summed E-state index contributed by atoms with van der Waals surface area (Å²) in [5.74, 6) is -0.522. The van der Waals surface area contributed by atoms with E-state index in [1.807, 2.05) is 0 Å². The Kier molecular flexibility index (Phi) is 4.92. The monoisotopic (exact) mass is 359 g/mol. The Bertz CT molecular complexity index is 935. The van der Waals surface area contributed by atoms with Crippen LogP contribution in [0.25, 0.3) is 0 Å². The number of rotatable bonds is 6. The normalized spacial score (nSPS) is 16.4. The highest BCUT2D eigenvalue weighted by atomic mass is 16.5. The molecular weight excluding hydrogens is 338 g/mol. The highest BCUT2D eigenvalue weighted by molar-refractivity contribution is 6.23. The molecule has 138 valence electrons. The Balaban J connectivity index is 2.09. The van der Waals surface area contributed by atoms with E-state index in [2.05, 4.69) is 16.9 Å². The minimum absolute atomic E-state index is 0.000305. The average Bonchev–Trinajstić information content (AvgIpc) is 2.61. The quantitative estimate of drug-likeness (QED) is 0.577. The SMILES string of the molecule is CCCCCCN1C2=C(Cc3c1[nH]c(=O)[nH]c3=O)C(=O)C=C(OC)C2=O. The maximum absolute atomic E-state index is 12.8. The van der Waals surface area contributed by atoms with Crippen LogP contribution in [-0.2, 0) is 20.7 Å². The largest absolute Gasteiger partial charge is 0.492 e. The second-order valence-corrected chi connectivity index (χ2v) is 6.36. The molecule has 2 heterocycles. The first-order chi connectivity index (χ1) is 12.5. The minimum Gasteiger partial charge on any atom is -0.492 e. The summed E-state index contributed by atoms with van der Waals surface area (Å²) in [6.45, 7) is 2.51. The number of Topliss-reactive ketones (excluding diaryl/α,β-unsaturated/α-hetero) is 1. The highest BCUT2D eigenvalue weighted by Crippen LogP contribution is 2.34. The smallest absolute Gasteiger partial charge is 0.327 e. The molecule has 1 aromatic rings. The second kappa shape index (κ2) is 7.15. The molecule has 0 bridgehead atoms. The maximum Gasteiger partial charge on any atom is 0.327 e. The number of nitrogens with one attached hydrogen (secondary N) is 2. The van der Waals surface area contributed by atoms with Crippen molar-refractivity contribution in [1.29, 1.82) is 0 Å². The number of hydrogen-bond donors (Lipinski definition) is 2. The van der Waals surface area contributed by atoms with Gasteiger partial charge in [-0.05, 0) is 6.42 Å². The first kappa shape index (κ1) is 17.9. The third-order valence-electron chi connectivity index (χ3n) is 4.65. The van der Waals surface area contributed by atoms with Crippen LogP contribution < -0.4 is 16.1 Å². The van der Waals surface area contributed by atoms with Crippen LogP contribution in [-0.4, -0.2) is 35.2 Å². The zero-order valence-electron chi connectivity index (χ0n) is 14.8. The zero-order chi connectivity index (χ0) is 18.8. The number of allylic oxidation sites excluding steroid dienone is 2. The third kappa shape index (κ3) is 3.02. The van der Waals surface area contributed by atoms with E-state index >= 15 is 0 Å². The van der Waals surface area contributed by atoms with Gasteiger partial charge in [-0.15, -0.1) is 0 Å². The van der Waals surface area contributed by atoms with Gasteiger partial charge < -0.3 is 9.64 Å². The molecule has 1 aliphatic heterocycles. The summed E-state index contributed by atoms with van der Waals surface area (Å²) in [6, 6.07) is 0. The van der Waals surface area contributed by atoms with Crippen molar-refractivity contribution in [2.24, 2.45) is 0 Å². The van der Waals surface area contributed by atoms with E-state index in [0.717, 1.165) is 31.8 Å². The highest BCUT2D eigenvalue weighted by Gasteiger charge is 2.38. The number of ether oxygens (including phenoxy) is 1. The maximum atomic E-state index is 12.8. The number of aromatic amines is 2. The van der Waals surface area contributed by atoms with Gasteiger partial charge in [-0.1, -0.05) is 26.2 Å². The van der Waals surface area contributed by atoms with Crippen molar-refractivity contribution in [3.63, 3.8) is 0 Å². The summed E-state index contributed by atoms with van der Waals surface area (Å²) in [7, 11) is 1.33. The molecule has 8 heteroatoms. The Morgan fingerprint density at radius 2 is 1.88 bits per heavy atom. The number of aromatic nitrogens is 2. The number of methoxy groups -OCH3 is 1. The Labute approximate surface area is 149 Å². The van der Waals surface area contributed by atoms with Crippen LogP contribution in [0, 0.1) is 0 Å². The van der Waals surface area contributed by atoms with Gasteiger partial charge in [0.25, 0.3) is 5.56 Å². The molecule has 0 radical (unpaired) electrons. The number of nitrogens with zero attached hydrogens (tertiary/aromatic N) is 1. The fourth-order valence-electron chi connectivity index (χ4n) is 3.35. The van der Waals surface area contributed by atoms with Gasteiger partial charge in [0.2, 0.25) is 5.78 Å². The lowest BCUT2D eigenvalue weighted by Gasteiger charge is -2.34. The van der Waals surface area contributed by atoms with E-state index in [-0.39, 0.29) is 40.6 Å². The van der Waals surface area contributed by atoms with E-state index in [1.54, 1.807) is 4.90 Å². The van der Waals surface area contributed by atoms with Crippen molar-refractivity contribution in [2.45, 2.75) is 39.0 Å². The summed E-state index contributed by atoms with van der Waals surface area (Å²) < 4.78 is 5.04.